The van der Waals surface area contributed by atoms with E-state index >= 15 is 0 Å². The molecule has 1 aromatic heterocycles. The van der Waals surface area contributed by atoms with Crippen LogP contribution in [0.4, 0.5) is 5.82 Å². The fourth-order valence-electron chi connectivity index (χ4n) is 1.85. The molecule has 0 aliphatic heterocycles. The van der Waals surface area contributed by atoms with Crippen molar-refractivity contribution >= 4 is 17.7 Å². The van der Waals surface area contributed by atoms with Crippen molar-refractivity contribution in [2.24, 2.45) is 0 Å². The Balaban J connectivity index is 3.12. The summed E-state index contributed by atoms with van der Waals surface area (Å²) in [6.45, 7) is 4.65. The highest BCUT2D eigenvalue weighted by molar-refractivity contribution is 5.89. The summed E-state index contributed by atoms with van der Waals surface area (Å²) in [4.78, 5) is 28.9. The highest BCUT2D eigenvalue weighted by atomic mass is 16.4. The average molecular weight is 279 g/mol. The maximum Gasteiger partial charge on any atom is 0.335 e. The number of amides is 1. The van der Waals surface area contributed by atoms with Gasteiger partial charge in [0.15, 0.2) is 0 Å². The van der Waals surface area contributed by atoms with Gasteiger partial charge in [-0.15, -0.1) is 0 Å². The zero-order valence-electron chi connectivity index (χ0n) is 12.1. The Morgan fingerprint density at radius 2 is 2.05 bits per heavy atom. The van der Waals surface area contributed by atoms with Crippen LogP contribution in [-0.2, 0) is 11.2 Å². The number of carbonyl (C=O) groups excluding carboxylic acids is 1. The molecule has 110 valence electrons. The van der Waals surface area contributed by atoms with E-state index in [0.29, 0.717) is 18.8 Å². The normalized spacial score (nSPS) is 10.2. The van der Waals surface area contributed by atoms with Crippen LogP contribution in [0, 0.1) is 0 Å². The van der Waals surface area contributed by atoms with E-state index in [4.69, 9.17) is 5.11 Å². The van der Waals surface area contributed by atoms with Gasteiger partial charge >= 0.3 is 5.97 Å². The molecule has 0 saturated heterocycles. The summed E-state index contributed by atoms with van der Waals surface area (Å²) in [5, 5.41) is 11.7. The molecular formula is C14H21N3O3. The number of nitrogens with zero attached hydrogens (tertiary/aromatic N) is 2. The Labute approximate surface area is 118 Å². The van der Waals surface area contributed by atoms with E-state index in [0.717, 1.165) is 12.1 Å². The quantitative estimate of drug-likeness (QED) is 0.786. The molecular weight excluding hydrogens is 258 g/mol. The summed E-state index contributed by atoms with van der Waals surface area (Å²) in [5.74, 6) is -0.590. The van der Waals surface area contributed by atoms with E-state index in [1.165, 1.54) is 6.07 Å². The standard InChI is InChI=1S/C14H21N3O3/c1-4-6-11-7-10(14(19)20)8-12(16-11)17(5-2)9-13(18)15-3/h7-8H,4-6,9H2,1-3H3,(H,15,18)(H,19,20). The van der Waals surface area contributed by atoms with Gasteiger partial charge in [0.25, 0.3) is 0 Å². The molecule has 0 radical (unpaired) electrons. The number of likely N-dealkylation sites (N-methyl/N-ethyl adjacent to an activating group) is 2. The molecule has 1 rings (SSSR count). The summed E-state index contributed by atoms with van der Waals surface area (Å²) < 4.78 is 0. The van der Waals surface area contributed by atoms with Crippen LogP contribution in [0.25, 0.3) is 0 Å². The number of nitrogens with one attached hydrogen (secondary N) is 1. The molecule has 0 aromatic carbocycles. The maximum absolute atomic E-state index is 11.5. The third-order valence-corrected chi connectivity index (χ3v) is 2.94. The lowest BCUT2D eigenvalue weighted by Gasteiger charge is -2.22. The molecule has 0 bridgehead atoms. The van der Waals surface area contributed by atoms with E-state index in [1.54, 1.807) is 18.0 Å². The first-order valence-electron chi connectivity index (χ1n) is 6.71. The van der Waals surface area contributed by atoms with Crippen LogP contribution in [0.2, 0.25) is 0 Å². The molecule has 0 spiro atoms. The highest BCUT2D eigenvalue weighted by Crippen LogP contribution is 2.16. The fourth-order valence-corrected chi connectivity index (χ4v) is 1.85. The zero-order chi connectivity index (χ0) is 15.1. The SMILES string of the molecule is CCCc1cc(C(=O)O)cc(N(CC)CC(=O)NC)n1. The molecule has 0 atom stereocenters. The smallest absolute Gasteiger partial charge is 0.335 e. The van der Waals surface area contributed by atoms with Crippen molar-refractivity contribution < 1.29 is 14.7 Å². The number of carbonyl (C=O) groups is 2. The van der Waals surface area contributed by atoms with Gasteiger partial charge in [-0.05, 0) is 25.5 Å². The molecule has 1 aromatic rings. The van der Waals surface area contributed by atoms with Crippen molar-refractivity contribution in [1.29, 1.82) is 0 Å². The second kappa shape index (κ2) is 7.47. The first-order chi connectivity index (χ1) is 9.51. The van der Waals surface area contributed by atoms with Crippen LogP contribution in [0.1, 0.15) is 36.3 Å². The number of pyridine rings is 1. The lowest BCUT2D eigenvalue weighted by Crippen LogP contribution is -2.36. The van der Waals surface area contributed by atoms with Gasteiger partial charge in [-0.25, -0.2) is 9.78 Å². The van der Waals surface area contributed by atoms with Crippen LogP contribution in [0.3, 0.4) is 0 Å². The van der Waals surface area contributed by atoms with Crippen molar-refractivity contribution in [2.45, 2.75) is 26.7 Å². The number of aromatic nitrogens is 1. The molecule has 0 aliphatic carbocycles. The summed E-state index contributed by atoms with van der Waals surface area (Å²) in [5.41, 5.74) is 0.937. The topological polar surface area (TPSA) is 82.5 Å². The van der Waals surface area contributed by atoms with E-state index < -0.39 is 5.97 Å². The Morgan fingerprint density at radius 3 is 2.55 bits per heavy atom. The minimum Gasteiger partial charge on any atom is -0.478 e. The summed E-state index contributed by atoms with van der Waals surface area (Å²) in [6, 6.07) is 3.09. The second-order valence-corrected chi connectivity index (χ2v) is 4.45. The first-order valence-corrected chi connectivity index (χ1v) is 6.71. The first kappa shape index (κ1) is 15.9. The third kappa shape index (κ3) is 4.22. The van der Waals surface area contributed by atoms with Crippen LogP contribution < -0.4 is 10.2 Å². The maximum atomic E-state index is 11.5. The van der Waals surface area contributed by atoms with E-state index in [1.807, 2.05) is 13.8 Å². The van der Waals surface area contributed by atoms with Crippen molar-refractivity contribution in [3.8, 4) is 0 Å². The third-order valence-electron chi connectivity index (χ3n) is 2.94. The summed E-state index contributed by atoms with van der Waals surface area (Å²) >= 11 is 0. The Kier molecular flexibility index (Phi) is 5.96. The summed E-state index contributed by atoms with van der Waals surface area (Å²) in [6.07, 6.45) is 1.60. The van der Waals surface area contributed by atoms with Gasteiger partial charge in [0.1, 0.15) is 5.82 Å². The predicted octanol–water partition coefficient (Wildman–Crippen LogP) is 1.30. The van der Waals surface area contributed by atoms with Gasteiger partial charge in [-0.2, -0.15) is 0 Å². The number of anilines is 1. The van der Waals surface area contributed by atoms with E-state index in [-0.39, 0.29) is 18.0 Å². The van der Waals surface area contributed by atoms with Gasteiger partial charge < -0.3 is 15.3 Å². The molecule has 6 heteroatoms. The molecule has 2 N–H and O–H groups in total. The Morgan fingerprint density at radius 1 is 1.35 bits per heavy atom. The van der Waals surface area contributed by atoms with Crippen molar-refractivity contribution in [3.63, 3.8) is 0 Å². The van der Waals surface area contributed by atoms with Crippen LogP contribution in [-0.4, -0.2) is 42.1 Å². The van der Waals surface area contributed by atoms with Gasteiger partial charge in [-0.1, -0.05) is 13.3 Å². The van der Waals surface area contributed by atoms with Gasteiger partial charge in [0.2, 0.25) is 5.91 Å². The fraction of sp³-hybridized carbons (Fsp3) is 0.500. The molecule has 0 fully saturated rings. The molecule has 0 saturated carbocycles. The summed E-state index contributed by atoms with van der Waals surface area (Å²) in [7, 11) is 1.57. The largest absolute Gasteiger partial charge is 0.478 e. The lowest BCUT2D eigenvalue weighted by molar-refractivity contribution is -0.119. The minimum atomic E-state index is -0.984. The molecule has 1 amide bonds. The van der Waals surface area contributed by atoms with Gasteiger partial charge in [-0.3, -0.25) is 4.79 Å². The monoisotopic (exact) mass is 279 g/mol. The number of carboxylic acid groups (broad SMARTS) is 1. The van der Waals surface area contributed by atoms with Crippen molar-refractivity contribution in [2.75, 3.05) is 25.0 Å². The number of hydrogen-bond donors (Lipinski definition) is 2. The van der Waals surface area contributed by atoms with Gasteiger partial charge in [0, 0.05) is 19.3 Å². The van der Waals surface area contributed by atoms with Crippen LogP contribution in [0.15, 0.2) is 12.1 Å². The van der Waals surface area contributed by atoms with Crippen LogP contribution >= 0.6 is 0 Å². The predicted molar refractivity (Wildman–Crippen MR) is 77.1 cm³/mol. The molecule has 1 heterocycles. The number of hydrogen-bond acceptors (Lipinski definition) is 4. The number of carboxylic acids is 1. The van der Waals surface area contributed by atoms with E-state index in [2.05, 4.69) is 10.3 Å². The second-order valence-electron chi connectivity index (χ2n) is 4.45. The number of rotatable bonds is 7. The van der Waals surface area contributed by atoms with Crippen LogP contribution in [0.5, 0.6) is 0 Å². The molecule has 0 aliphatic rings. The Bertz CT molecular complexity index is 489. The highest BCUT2D eigenvalue weighted by Gasteiger charge is 2.14. The minimum absolute atomic E-state index is 0.133. The number of aryl methyl sites for hydroxylation is 1. The molecule has 0 unspecified atom stereocenters. The van der Waals surface area contributed by atoms with E-state index in [9.17, 15) is 9.59 Å². The van der Waals surface area contributed by atoms with Crippen molar-refractivity contribution in [1.82, 2.24) is 10.3 Å². The molecule has 20 heavy (non-hydrogen) atoms. The zero-order valence-corrected chi connectivity index (χ0v) is 12.1. The Hall–Kier alpha value is -2.11. The average Bonchev–Trinajstić information content (AvgIpc) is 2.44. The van der Waals surface area contributed by atoms with Crippen molar-refractivity contribution in [3.05, 3.63) is 23.4 Å². The lowest BCUT2D eigenvalue weighted by atomic mass is 10.1. The molecule has 6 nitrogen and oxygen atoms in total. The number of aromatic carboxylic acids is 1. The van der Waals surface area contributed by atoms with Gasteiger partial charge in [0.05, 0.1) is 12.1 Å².